The van der Waals surface area contributed by atoms with Gasteiger partial charge in [-0.3, -0.25) is 4.79 Å². The molecule has 0 saturated heterocycles. The lowest BCUT2D eigenvalue weighted by molar-refractivity contribution is -0.137. The molecule has 2 rings (SSSR count). The van der Waals surface area contributed by atoms with Crippen LogP contribution >= 0.6 is 11.6 Å². The molecule has 0 aliphatic carbocycles. The molecule has 0 aromatic heterocycles. The topological polar surface area (TPSA) is 55.7 Å². The summed E-state index contributed by atoms with van der Waals surface area (Å²) >= 11 is 6.06. The fraction of sp³-hybridized carbons (Fsp3) is 0.250. The zero-order chi connectivity index (χ0) is 20.9. The van der Waals surface area contributed by atoms with Crippen LogP contribution in [0.25, 0.3) is 11.1 Å². The number of carbonyl (C=O) groups is 2. The number of ether oxygens (including phenoxy) is 1. The van der Waals surface area contributed by atoms with Crippen LogP contribution in [-0.2, 0) is 22.3 Å². The van der Waals surface area contributed by atoms with Gasteiger partial charge in [0, 0.05) is 10.6 Å². The van der Waals surface area contributed by atoms with Crippen LogP contribution in [-0.4, -0.2) is 18.1 Å². The Kier molecular flexibility index (Phi) is 6.96. The summed E-state index contributed by atoms with van der Waals surface area (Å²) in [5, 5.41) is 0.166. The smallest absolute Gasteiger partial charge is 0.434 e. The number of benzene rings is 2. The van der Waals surface area contributed by atoms with Gasteiger partial charge in [0.15, 0.2) is 6.29 Å². The first kappa shape index (κ1) is 21.6. The maximum Gasteiger partial charge on any atom is 0.434 e. The molecule has 0 bridgehead atoms. The third-order valence-corrected chi connectivity index (χ3v) is 4.18. The van der Waals surface area contributed by atoms with Crippen molar-refractivity contribution in [2.75, 3.05) is 0 Å². The molecule has 0 saturated carbocycles. The maximum absolute atomic E-state index is 13.4. The standard InChI is InChI=1S/C20H17ClF3NO3/c1-12(2)18(10-26)25-19(27)28-11-13-7-8-16(20(22,23)24)15(9-13)14-5-3-4-6-17(14)21/h3-10,12H,11H2,1-2H3. The highest BCUT2D eigenvalue weighted by Crippen LogP contribution is 2.40. The average Bonchev–Trinajstić information content (AvgIpc) is 2.63. The molecule has 2 aromatic carbocycles. The van der Waals surface area contributed by atoms with Crippen LogP contribution in [0.15, 0.2) is 47.5 Å². The summed E-state index contributed by atoms with van der Waals surface area (Å²) < 4.78 is 45.1. The molecule has 4 nitrogen and oxygen atoms in total. The normalized spacial score (nSPS) is 12.2. The van der Waals surface area contributed by atoms with Gasteiger partial charge < -0.3 is 4.74 Å². The van der Waals surface area contributed by atoms with Crippen LogP contribution in [0.3, 0.4) is 0 Å². The monoisotopic (exact) mass is 411 g/mol. The lowest BCUT2D eigenvalue weighted by Crippen LogP contribution is -2.13. The van der Waals surface area contributed by atoms with Gasteiger partial charge in [0.05, 0.1) is 11.3 Å². The number of rotatable bonds is 5. The van der Waals surface area contributed by atoms with E-state index in [1.807, 2.05) is 0 Å². The van der Waals surface area contributed by atoms with E-state index in [9.17, 15) is 22.8 Å². The van der Waals surface area contributed by atoms with Gasteiger partial charge in [-0.05, 0) is 35.2 Å². The highest BCUT2D eigenvalue weighted by atomic mass is 35.5. The number of hydrogen-bond donors (Lipinski definition) is 0. The largest absolute Gasteiger partial charge is 0.443 e. The summed E-state index contributed by atoms with van der Waals surface area (Å²) in [6.07, 6.45) is -5.11. The molecular weight excluding hydrogens is 395 g/mol. The molecule has 0 fully saturated rings. The minimum Gasteiger partial charge on any atom is -0.443 e. The molecule has 0 heterocycles. The van der Waals surface area contributed by atoms with Gasteiger partial charge in [-0.25, -0.2) is 4.79 Å². The molecule has 2 aromatic rings. The van der Waals surface area contributed by atoms with E-state index < -0.39 is 17.8 Å². The maximum atomic E-state index is 13.4. The molecule has 0 aliphatic rings. The Morgan fingerprint density at radius 2 is 1.86 bits per heavy atom. The van der Waals surface area contributed by atoms with Crippen LogP contribution in [0.2, 0.25) is 5.02 Å². The van der Waals surface area contributed by atoms with E-state index in [0.717, 1.165) is 6.07 Å². The quantitative estimate of drug-likeness (QED) is 0.450. The van der Waals surface area contributed by atoms with Crippen LogP contribution in [0.4, 0.5) is 18.0 Å². The lowest BCUT2D eigenvalue weighted by atomic mass is 9.97. The fourth-order valence-corrected chi connectivity index (χ4v) is 2.64. The third kappa shape index (κ3) is 5.42. The van der Waals surface area contributed by atoms with E-state index in [0.29, 0.717) is 11.8 Å². The molecule has 0 N–H and O–H groups in total. The van der Waals surface area contributed by atoms with E-state index in [-0.39, 0.29) is 34.4 Å². The van der Waals surface area contributed by atoms with Crippen molar-refractivity contribution in [2.45, 2.75) is 26.6 Å². The van der Waals surface area contributed by atoms with Crippen molar-refractivity contribution in [2.24, 2.45) is 10.9 Å². The van der Waals surface area contributed by atoms with Gasteiger partial charge >= 0.3 is 12.3 Å². The Labute approximate surface area is 165 Å². The van der Waals surface area contributed by atoms with Crippen LogP contribution < -0.4 is 0 Å². The van der Waals surface area contributed by atoms with Gasteiger partial charge in [-0.15, -0.1) is 0 Å². The van der Waals surface area contributed by atoms with E-state index in [1.54, 1.807) is 26.0 Å². The molecule has 0 unspecified atom stereocenters. The first-order valence-electron chi connectivity index (χ1n) is 8.29. The van der Waals surface area contributed by atoms with Gasteiger partial charge in [0.2, 0.25) is 0 Å². The van der Waals surface area contributed by atoms with E-state index in [1.165, 1.54) is 24.3 Å². The molecule has 1 amide bonds. The van der Waals surface area contributed by atoms with Gasteiger partial charge in [-0.2, -0.15) is 18.2 Å². The highest BCUT2D eigenvalue weighted by Gasteiger charge is 2.34. The number of amides is 1. The zero-order valence-electron chi connectivity index (χ0n) is 15.1. The fourth-order valence-electron chi connectivity index (χ4n) is 2.41. The molecule has 28 heavy (non-hydrogen) atoms. The highest BCUT2D eigenvalue weighted by molar-refractivity contribution is 6.33. The summed E-state index contributed by atoms with van der Waals surface area (Å²) in [5.41, 5.74) is -0.411. The van der Waals surface area contributed by atoms with E-state index in [2.05, 4.69) is 4.99 Å². The SMILES string of the molecule is CC(C)C(C=O)=NC(=O)OCc1ccc(C(F)(F)F)c(-c2ccccc2Cl)c1. The summed E-state index contributed by atoms with van der Waals surface area (Å²) in [6, 6.07) is 9.55. The minimum atomic E-state index is -4.58. The first-order chi connectivity index (χ1) is 13.1. The van der Waals surface area contributed by atoms with Crippen molar-refractivity contribution >= 4 is 29.7 Å². The Hall–Kier alpha value is -2.67. The van der Waals surface area contributed by atoms with Crippen molar-refractivity contribution in [3.05, 3.63) is 58.6 Å². The number of alkyl halides is 3. The van der Waals surface area contributed by atoms with E-state index >= 15 is 0 Å². The molecule has 0 aliphatic heterocycles. The predicted molar refractivity (Wildman–Crippen MR) is 100 cm³/mol. The lowest BCUT2D eigenvalue weighted by Gasteiger charge is -2.15. The summed E-state index contributed by atoms with van der Waals surface area (Å²) in [4.78, 5) is 26.2. The van der Waals surface area contributed by atoms with Crippen molar-refractivity contribution < 1.29 is 27.5 Å². The third-order valence-electron chi connectivity index (χ3n) is 3.85. The summed E-state index contributed by atoms with van der Waals surface area (Å²) in [6.45, 7) is 3.07. The van der Waals surface area contributed by atoms with Gasteiger partial charge in [0.25, 0.3) is 0 Å². The van der Waals surface area contributed by atoms with E-state index in [4.69, 9.17) is 16.3 Å². The molecule has 0 radical (unpaired) electrons. The Balaban J connectivity index is 2.33. The second-order valence-electron chi connectivity index (χ2n) is 6.22. The molecule has 0 atom stereocenters. The Morgan fingerprint density at radius 1 is 1.18 bits per heavy atom. The minimum absolute atomic E-state index is 0.0224. The summed E-state index contributed by atoms with van der Waals surface area (Å²) in [5.74, 6) is -0.261. The number of halogens is 4. The Morgan fingerprint density at radius 3 is 2.43 bits per heavy atom. The summed E-state index contributed by atoms with van der Waals surface area (Å²) in [7, 11) is 0. The second-order valence-corrected chi connectivity index (χ2v) is 6.63. The number of carbonyl (C=O) groups excluding carboxylic acids is 2. The second kappa shape index (κ2) is 9.01. The van der Waals surface area contributed by atoms with Crippen molar-refractivity contribution in [3.8, 4) is 11.1 Å². The number of nitrogens with zero attached hydrogens (tertiary/aromatic N) is 1. The van der Waals surface area contributed by atoms with Crippen LogP contribution in [0, 0.1) is 5.92 Å². The number of hydrogen-bond acceptors (Lipinski definition) is 3. The molecule has 148 valence electrons. The molecule has 8 heteroatoms. The molecule has 0 spiro atoms. The molecular formula is C20H17ClF3NO3. The van der Waals surface area contributed by atoms with Gasteiger partial charge in [-0.1, -0.05) is 49.7 Å². The van der Waals surface area contributed by atoms with Crippen molar-refractivity contribution in [1.29, 1.82) is 0 Å². The van der Waals surface area contributed by atoms with Crippen molar-refractivity contribution in [3.63, 3.8) is 0 Å². The van der Waals surface area contributed by atoms with Crippen molar-refractivity contribution in [1.82, 2.24) is 0 Å². The predicted octanol–water partition coefficient (Wildman–Crippen LogP) is 5.96. The number of aliphatic imine (C=N–C) groups is 1. The Bertz CT molecular complexity index is 908. The number of aldehydes is 1. The average molecular weight is 412 g/mol. The van der Waals surface area contributed by atoms with Crippen LogP contribution in [0.5, 0.6) is 0 Å². The zero-order valence-corrected chi connectivity index (χ0v) is 15.8. The van der Waals surface area contributed by atoms with Crippen LogP contribution in [0.1, 0.15) is 25.0 Å². The van der Waals surface area contributed by atoms with Gasteiger partial charge in [0.1, 0.15) is 6.61 Å². The first-order valence-corrected chi connectivity index (χ1v) is 8.66.